The molecular weight excluding hydrogens is 264 g/mol. The average molecular weight is 288 g/mol. The first-order valence-electron chi connectivity index (χ1n) is 6.70. The third kappa shape index (κ3) is 7.05. The Kier molecular flexibility index (Phi) is 8.21. The van der Waals surface area contributed by atoms with Gasteiger partial charge < -0.3 is 9.16 Å². The van der Waals surface area contributed by atoms with Crippen LogP contribution in [0.5, 0.6) is 0 Å². The summed E-state index contributed by atoms with van der Waals surface area (Å²) in [6, 6.07) is 2.50. The summed E-state index contributed by atoms with van der Waals surface area (Å²) in [5.41, 5.74) is 0. The summed E-state index contributed by atoms with van der Waals surface area (Å²) in [6.07, 6.45) is -1.65. The molecule has 0 aromatic heterocycles. The first kappa shape index (κ1) is 17.8. The number of hydrogen-bond acceptors (Lipinski definition) is 4. The van der Waals surface area contributed by atoms with Crippen LogP contribution in [0.25, 0.3) is 0 Å². The molecule has 0 unspecified atom stereocenters. The molecule has 6 nitrogen and oxygen atoms in total. The fourth-order valence-corrected chi connectivity index (χ4v) is 3.86. The van der Waals surface area contributed by atoms with Gasteiger partial charge in [-0.1, -0.05) is 44.8 Å². The van der Waals surface area contributed by atoms with E-state index >= 15 is 0 Å². The molecule has 0 spiro atoms. The molecule has 0 fully saturated rings. The molecule has 0 atom stereocenters. The van der Waals surface area contributed by atoms with Gasteiger partial charge in [0.1, 0.15) is 0 Å². The molecule has 19 heavy (non-hydrogen) atoms. The average Bonchev–Trinajstić information content (AvgIpc) is 2.40. The van der Waals surface area contributed by atoms with Crippen LogP contribution in [0.1, 0.15) is 34.6 Å². The van der Waals surface area contributed by atoms with Gasteiger partial charge in [-0.2, -0.15) is 0 Å². The summed E-state index contributed by atoms with van der Waals surface area (Å²) in [5.74, 6) is 0.214. The molecule has 0 rings (SSSR count). The Morgan fingerprint density at radius 1 is 1.00 bits per heavy atom. The van der Waals surface area contributed by atoms with Crippen LogP contribution in [0.4, 0.5) is 9.59 Å². The van der Waals surface area contributed by atoms with E-state index in [9.17, 15) is 9.59 Å². The van der Waals surface area contributed by atoms with E-state index in [1.54, 1.807) is 0 Å². The summed E-state index contributed by atoms with van der Waals surface area (Å²) in [4.78, 5) is 22.7. The van der Waals surface area contributed by atoms with Crippen LogP contribution < -0.4 is 0 Å². The quantitative estimate of drug-likeness (QED) is 0.537. The maximum absolute atomic E-state index is 11.5. The molecule has 0 radical (unpaired) electrons. The standard InChI is InChI=1S/C12H24N2O4Si/c1-6-19(7-2,8-3)18-12(16)14-13-11(15)17-9-10(4)5/h10H,6-9H2,1-5H3/b14-13+. The predicted molar refractivity (Wildman–Crippen MR) is 74.7 cm³/mol. The molecule has 0 bridgehead atoms. The molecule has 0 aliphatic heterocycles. The lowest BCUT2D eigenvalue weighted by molar-refractivity contribution is 0.141. The van der Waals surface area contributed by atoms with Crippen molar-refractivity contribution in [3.05, 3.63) is 0 Å². The molecule has 0 aliphatic carbocycles. The smallest absolute Gasteiger partial charge is 0.452 e. The number of azo groups is 1. The molecule has 7 heteroatoms. The summed E-state index contributed by atoms with van der Waals surface area (Å²) >= 11 is 0. The number of ether oxygens (including phenoxy) is 1. The Bertz CT molecular complexity index is 319. The number of carbonyl (C=O) groups is 2. The summed E-state index contributed by atoms with van der Waals surface area (Å²) in [7, 11) is -2.04. The fraction of sp³-hybridized carbons (Fsp3) is 0.833. The second kappa shape index (κ2) is 8.79. The zero-order valence-electron chi connectivity index (χ0n) is 12.4. The Morgan fingerprint density at radius 2 is 1.47 bits per heavy atom. The Labute approximate surface area is 115 Å². The minimum absolute atomic E-state index is 0.214. The molecule has 0 aromatic carbocycles. The zero-order valence-corrected chi connectivity index (χ0v) is 13.4. The van der Waals surface area contributed by atoms with Crippen molar-refractivity contribution in [2.45, 2.75) is 52.8 Å². The van der Waals surface area contributed by atoms with Crippen molar-refractivity contribution in [2.24, 2.45) is 16.1 Å². The minimum Gasteiger partial charge on any atom is -0.501 e. The number of amides is 2. The molecular formula is C12H24N2O4Si. The van der Waals surface area contributed by atoms with Crippen molar-refractivity contribution >= 4 is 20.5 Å². The van der Waals surface area contributed by atoms with Crippen LogP contribution in [0.2, 0.25) is 18.1 Å². The van der Waals surface area contributed by atoms with Crippen molar-refractivity contribution in [1.29, 1.82) is 0 Å². The predicted octanol–water partition coefficient (Wildman–Crippen LogP) is 4.37. The van der Waals surface area contributed by atoms with E-state index in [0.29, 0.717) is 0 Å². The lowest BCUT2D eigenvalue weighted by Gasteiger charge is -2.25. The van der Waals surface area contributed by atoms with Crippen molar-refractivity contribution in [3.63, 3.8) is 0 Å². The Morgan fingerprint density at radius 3 is 1.89 bits per heavy atom. The molecule has 0 N–H and O–H groups in total. The maximum Gasteiger partial charge on any atom is 0.452 e. The van der Waals surface area contributed by atoms with E-state index < -0.39 is 20.5 Å². The third-order valence-corrected chi connectivity index (χ3v) is 7.46. The number of nitrogens with zero attached hydrogens (tertiary/aromatic N) is 2. The molecule has 110 valence electrons. The first-order valence-corrected chi connectivity index (χ1v) is 9.23. The summed E-state index contributed by atoms with van der Waals surface area (Å²) in [5, 5.41) is 6.45. The Balaban J connectivity index is 4.33. The van der Waals surface area contributed by atoms with Crippen molar-refractivity contribution in [2.75, 3.05) is 6.61 Å². The normalized spacial score (nSPS) is 11.9. The van der Waals surface area contributed by atoms with Gasteiger partial charge in [-0.3, -0.25) is 0 Å². The summed E-state index contributed by atoms with van der Waals surface area (Å²) < 4.78 is 10.2. The molecule has 0 heterocycles. The van der Waals surface area contributed by atoms with Gasteiger partial charge in [-0.15, -0.1) is 0 Å². The Hall–Kier alpha value is -1.24. The summed E-state index contributed by atoms with van der Waals surface area (Å²) in [6.45, 7) is 10.1. The van der Waals surface area contributed by atoms with Crippen LogP contribution in [-0.4, -0.2) is 27.1 Å². The molecule has 0 saturated heterocycles. The van der Waals surface area contributed by atoms with E-state index in [1.165, 1.54) is 0 Å². The monoisotopic (exact) mass is 288 g/mol. The van der Waals surface area contributed by atoms with Crippen molar-refractivity contribution in [1.82, 2.24) is 0 Å². The molecule has 2 amide bonds. The first-order chi connectivity index (χ1) is 8.89. The minimum atomic E-state index is -2.04. The highest BCUT2D eigenvalue weighted by Gasteiger charge is 2.32. The highest BCUT2D eigenvalue weighted by Crippen LogP contribution is 2.22. The van der Waals surface area contributed by atoms with Gasteiger partial charge in [0, 0.05) is 0 Å². The largest absolute Gasteiger partial charge is 0.501 e. The number of carbonyl (C=O) groups excluding carboxylic acids is 2. The van der Waals surface area contributed by atoms with E-state index in [4.69, 9.17) is 9.16 Å². The topological polar surface area (TPSA) is 77.3 Å². The van der Waals surface area contributed by atoms with Gasteiger partial charge in [0.2, 0.25) is 0 Å². The molecule has 0 saturated carbocycles. The number of hydrogen-bond donors (Lipinski definition) is 0. The number of rotatable bonds is 6. The van der Waals surface area contributed by atoms with E-state index in [-0.39, 0.29) is 12.5 Å². The maximum atomic E-state index is 11.5. The van der Waals surface area contributed by atoms with E-state index in [0.717, 1.165) is 18.1 Å². The van der Waals surface area contributed by atoms with Gasteiger partial charge in [-0.25, -0.2) is 9.59 Å². The highest BCUT2D eigenvalue weighted by atomic mass is 28.4. The molecule has 0 aromatic rings. The van der Waals surface area contributed by atoms with Crippen LogP contribution in [0.15, 0.2) is 10.2 Å². The van der Waals surface area contributed by atoms with Crippen molar-refractivity contribution in [3.8, 4) is 0 Å². The van der Waals surface area contributed by atoms with Gasteiger partial charge in [0.15, 0.2) is 0 Å². The van der Waals surface area contributed by atoms with Crippen LogP contribution in [-0.2, 0) is 9.16 Å². The third-order valence-electron chi connectivity index (χ3n) is 2.99. The highest BCUT2D eigenvalue weighted by molar-refractivity contribution is 6.74. The van der Waals surface area contributed by atoms with Gasteiger partial charge >= 0.3 is 12.2 Å². The van der Waals surface area contributed by atoms with Crippen LogP contribution >= 0.6 is 0 Å². The van der Waals surface area contributed by atoms with Crippen LogP contribution in [0.3, 0.4) is 0 Å². The fourth-order valence-electron chi connectivity index (χ4n) is 1.52. The molecule has 0 aliphatic rings. The van der Waals surface area contributed by atoms with Crippen LogP contribution in [0, 0.1) is 5.92 Å². The van der Waals surface area contributed by atoms with Crippen molar-refractivity contribution < 1.29 is 18.8 Å². The van der Waals surface area contributed by atoms with E-state index in [2.05, 4.69) is 10.2 Å². The second-order valence-corrected chi connectivity index (χ2v) is 9.47. The lowest BCUT2D eigenvalue weighted by Crippen LogP contribution is -2.37. The van der Waals surface area contributed by atoms with Gasteiger partial charge in [0.25, 0.3) is 8.32 Å². The lowest BCUT2D eigenvalue weighted by atomic mass is 10.2. The van der Waals surface area contributed by atoms with Gasteiger partial charge in [-0.05, 0) is 24.1 Å². The zero-order chi connectivity index (χ0) is 14.9. The van der Waals surface area contributed by atoms with E-state index in [1.807, 2.05) is 34.6 Å². The van der Waals surface area contributed by atoms with Gasteiger partial charge in [0.05, 0.1) is 6.61 Å². The SMILES string of the molecule is CC[Si](CC)(CC)OC(=O)/N=N/C(=O)OCC(C)C. The second-order valence-electron chi connectivity index (χ2n) is 4.78.